The van der Waals surface area contributed by atoms with Crippen molar-refractivity contribution in [2.24, 2.45) is 0 Å². The van der Waals surface area contributed by atoms with Crippen LogP contribution in [0, 0.1) is 0 Å². The normalized spacial score (nSPS) is 21.2. The zero-order chi connectivity index (χ0) is 19.6. The summed E-state index contributed by atoms with van der Waals surface area (Å²) in [5.74, 6) is 0. The predicted molar refractivity (Wildman–Crippen MR) is 122 cm³/mol. The third kappa shape index (κ3) is 1.66. The molecule has 0 amide bonds. The number of hydrogen-bond donors (Lipinski definition) is 0. The summed E-state index contributed by atoms with van der Waals surface area (Å²) in [4.78, 5) is 0. The van der Waals surface area contributed by atoms with Gasteiger partial charge in [-0.05, 0) is 57.2 Å². The van der Waals surface area contributed by atoms with Gasteiger partial charge in [-0.2, -0.15) is 0 Å². The second-order valence-electron chi connectivity index (χ2n) is 10.3. The van der Waals surface area contributed by atoms with Gasteiger partial charge in [0.25, 0.3) is 0 Å². The Balaban J connectivity index is 1.90. The van der Waals surface area contributed by atoms with Crippen LogP contribution in [-0.4, -0.2) is 0 Å². The largest absolute Gasteiger partial charge is 0.0616 e. The van der Waals surface area contributed by atoms with Crippen LogP contribution in [0.25, 0.3) is 0 Å². The Morgan fingerprint density at radius 1 is 0.429 bits per heavy atom. The van der Waals surface area contributed by atoms with Crippen LogP contribution < -0.4 is 15.9 Å². The maximum atomic E-state index is 2.43. The summed E-state index contributed by atoms with van der Waals surface area (Å²) in [5, 5.41) is 4.97. The van der Waals surface area contributed by atoms with E-state index in [1.165, 1.54) is 0 Å². The second kappa shape index (κ2) is 4.80. The summed E-state index contributed by atoms with van der Waals surface area (Å²) in [7, 11) is -0.479. The molecule has 0 radical (unpaired) electrons. The number of hydrogen-bond acceptors (Lipinski definition) is 0. The fourth-order valence-corrected chi connectivity index (χ4v) is 10.4. The molecule has 6 rings (SSSR count). The van der Waals surface area contributed by atoms with Gasteiger partial charge in [-0.1, -0.05) is 96.1 Å². The first-order valence-corrected chi connectivity index (χ1v) is 11.7. The molecule has 140 valence electrons. The fraction of sp³-hybridized carbons (Fsp3) is 0.333. The minimum absolute atomic E-state index is 0.0471. The van der Waals surface area contributed by atoms with Gasteiger partial charge in [0.1, 0.15) is 0 Å². The first kappa shape index (κ1) is 17.0. The van der Waals surface area contributed by atoms with Crippen LogP contribution in [0.1, 0.15) is 74.9 Å². The van der Waals surface area contributed by atoms with E-state index >= 15 is 0 Å². The molecule has 0 nitrogen and oxygen atoms in total. The van der Waals surface area contributed by atoms with Gasteiger partial charge in [-0.25, -0.2) is 0 Å². The van der Waals surface area contributed by atoms with Crippen LogP contribution in [-0.2, 0) is 16.2 Å². The van der Waals surface area contributed by atoms with E-state index in [1.807, 2.05) is 0 Å². The molecular weight excluding hydrogens is 355 g/mol. The van der Waals surface area contributed by atoms with Crippen LogP contribution in [0.15, 0.2) is 54.6 Å². The number of rotatable bonds is 0. The zero-order valence-electron chi connectivity index (χ0n) is 17.6. The molecule has 0 bridgehead atoms. The maximum Gasteiger partial charge on any atom is 0.0159 e. The molecule has 0 aromatic heterocycles. The van der Waals surface area contributed by atoms with Crippen molar-refractivity contribution in [1.82, 2.24) is 0 Å². The second-order valence-corrected chi connectivity index (χ2v) is 12.3. The van der Waals surface area contributed by atoms with Crippen LogP contribution in [0.4, 0.5) is 0 Å². The quantitative estimate of drug-likeness (QED) is 0.459. The van der Waals surface area contributed by atoms with Crippen molar-refractivity contribution in [3.63, 3.8) is 0 Å². The molecule has 3 aromatic rings. The average Bonchev–Trinajstić information content (AvgIpc) is 2.66. The third-order valence-electron chi connectivity index (χ3n) is 7.82. The lowest BCUT2D eigenvalue weighted by Crippen LogP contribution is -2.54. The number of benzene rings is 3. The van der Waals surface area contributed by atoms with E-state index in [1.54, 1.807) is 49.3 Å². The third-order valence-corrected chi connectivity index (χ3v) is 10.6. The molecule has 0 saturated carbocycles. The van der Waals surface area contributed by atoms with E-state index in [2.05, 4.69) is 96.1 Å². The van der Waals surface area contributed by atoms with Crippen molar-refractivity contribution in [1.29, 1.82) is 0 Å². The van der Waals surface area contributed by atoms with Crippen LogP contribution in [0.2, 0.25) is 0 Å². The van der Waals surface area contributed by atoms with E-state index < -0.39 is 7.92 Å². The van der Waals surface area contributed by atoms with Crippen molar-refractivity contribution >= 4 is 23.8 Å². The highest BCUT2D eigenvalue weighted by atomic mass is 31.1. The molecule has 0 saturated heterocycles. The van der Waals surface area contributed by atoms with E-state index in [0.29, 0.717) is 0 Å². The van der Waals surface area contributed by atoms with Gasteiger partial charge in [-0.15, -0.1) is 0 Å². The van der Waals surface area contributed by atoms with E-state index in [0.717, 1.165) is 0 Å². The molecule has 28 heavy (non-hydrogen) atoms. The Bertz CT molecular complexity index is 969. The Kier molecular flexibility index (Phi) is 2.91. The minimum atomic E-state index is -0.479. The lowest BCUT2D eigenvalue weighted by atomic mass is 9.68. The van der Waals surface area contributed by atoms with Gasteiger partial charge in [0.05, 0.1) is 0 Å². The highest BCUT2D eigenvalue weighted by Gasteiger charge is 2.52. The molecule has 0 spiro atoms. The molecule has 3 aromatic carbocycles. The summed E-state index contributed by atoms with van der Waals surface area (Å²) in [6.45, 7) is 14.6. The summed E-state index contributed by atoms with van der Waals surface area (Å²) in [6.07, 6.45) is 0. The summed E-state index contributed by atoms with van der Waals surface area (Å²) < 4.78 is 0. The molecule has 0 atom stereocenters. The van der Waals surface area contributed by atoms with Crippen molar-refractivity contribution in [3.05, 3.63) is 88.0 Å². The molecule has 0 unspecified atom stereocenters. The van der Waals surface area contributed by atoms with Crippen LogP contribution in [0.3, 0.4) is 0 Å². The van der Waals surface area contributed by atoms with Gasteiger partial charge in [-0.3, -0.25) is 0 Å². The minimum Gasteiger partial charge on any atom is -0.0616 e. The van der Waals surface area contributed by atoms with Gasteiger partial charge < -0.3 is 0 Å². The Labute approximate surface area is 169 Å². The smallest absolute Gasteiger partial charge is 0.0159 e. The molecule has 0 fully saturated rings. The molecule has 3 heterocycles. The van der Waals surface area contributed by atoms with Crippen molar-refractivity contribution < 1.29 is 0 Å². The highest BCUT2D eigenvalue weighted by Crippen LogP contribution is 2.59. The van der Waals surface area contributed by atoms with E-state index in [4.69, 9.17) is 0 Å². The molecule has 3 aliphatic rings. The summed E-state index contributed by atoms with van der Waals surface area (Å²) in [5.41, 5.74) is 9.44. The van der Waals surface area contributed by atoms with Gasteiger partial charge in [0.15, 0.2) is 0 Å². The standard InChI is InChI=1S/C27H27P/c1-25(2)16-10-7-12-18-22(16)28-23-17(25)11-8-13-19(23)27(5,6)21-15-9-14-20(24(21)28)26(18,3)4/h7-15H,1-6H3. The molecule has 0 N–H and O–H groups in total. The summed E-state index contributed by atoms with van der Waals surface area (Å²) >= 11 is 0. The molecule has 0 aliphatic carbocycles. The summed E-state index contributed by atoms with van der Waals surface area (Å²) in [6, 6.07) is 21.3. The first-order chi connectivity index (χ1) is 13.2. The maximum absolute atomic E-state index is 2.43. The Hall–Kier alpha value is -1.91. The average molecular weight is 382 g/mol. The molecule has 3 aliphatic heterocycles. The Morgan fingerprint density at radius 2 is 0.643 bits per heavy atom. The van der Waals surface area contributed by atoms with Crippen molar-refractivity contribution in [2.75, 3.05) is 0 Å². The highest BCUT2D eigenvalue weighted by molar-refractivity contribution is 7.80. The molecular formula is C27H27P. The van der Waals surface area contributed by atoms with E-state index in [-0.39, 0.29) is 16.2 Å². The van der Waals surface area contributed by atoms with Crippen molar-refractivity contribution in [3.8, 4) is 0 Å². The van der Waals surface area contributed by atoms with E-state index in [9.17, 15) is 0 Å². The topological polar surface area (TPSA) is 0 Å². The molecule has 1 heteroatoms. The predicted octanol–water partition coefficient (Wildman–Crippen LogP) is 5.36. The SMILES string of the molecule is CC1(C)c2cccc3c2P2c4c1cccc4C(C)(C)c1cccc(c12)C3(C)C. The lowest BCUT2D eigenvalue weighted by Gasteiger charge is -2.53. The van der Waals surface area contributed by atoms with Gasteiger partial charge in [0.2, 0.25) is 0 Å². The first-order valence-electron chi connectivity index (χ1n) is 10.4. The fourth-order valence-electron chi connectivity index (χ4n) is 6.15. The van der Waals surface area contributed by atoms with Gasteiger partial charge >= 0.3 is 0 Å². The Morgan fingerprint density at radius 3 is 0.857 bits per heavy atom. The van der Waals surface area contributed by atoms with Crippen LogP contribution >= 0.6 is 7.92 Å². The lowest BCUT2D eigenvalue weighted by molar-refractivity contribution is 0.602. The monoisotopic (exact) mass is 382 g/mol. The van der Waals surface area contributed by atoms with Gasteiger partial charge in [0, 0.05) is 16.2 Å². The van der Waals surface area contributed by atoms with Crippen LogP contribution in [0.5, 0.6) is 0 Å². The zero-order valence-corrected chi connectivity index (χ0v) is 18.5. The van der Waals surface area contributed by atoms with Crippen molar-refractivity contribution in [2.45, 2.75) is 57.8 Å².